The Morgan fingerprint density at radius 1 is 1.54 bits per heavy atom. The van der Waals surface area contributed by atoms with Crippen molar-refractivity contribution in [2.75, 3.05) is 0 Å². The second-order valence-corrected chi connectivity index (χ2v) is 3.98. The smallest absolute Gasteiger partial charge is 0.123 e. The highest BCUT2D eigenvalue weighted by Crippen LogP contribution is 2.12. The van der Waals surface area contributed by atoms with Gasteiger partial charge in [0.15, 0.2) is 0 Å². The zero-order valence-electron chi connectivity index (χ0n) is 6.98. The Bertz CT molecular complexity index is 367. The zero-order valence-corrected chi connectivity index (χ0v) is 8.55. The summed E-state index contributed by atoms with van der Waals surface area (Å²) >= 11 is 7.48. The van der Waals surface area contributed by atoms with Crippen LogP contribution in [0.3, 0.4) is 0 Å². The number of imidazole rings is 1. The van der Waals surface area contributed by atoms with Crippen molar-refractivity contribution in [3.05, 3.63) is 40.6 Å². The second-order valence-electron chi connectivity index (χ2n) is 2.68. The number of aromatic nitrogens is 2. The molecule has 13 heavy (non-hydrogen) atoms. The first kappa shape index (κ1) is 8.78. The molecule has 2 aromatic rings. The maximum atomic E-state index is 5.73. The molecule has 2 heterocycles. The third kappa shape index (κ3) is 1.92. The van der Waals surface area contributed by atoms with Gasteiger partial charge in [-0.2, -0.15) is 0 Å². The van der Waals surface area contributed by atoms with Crippen molar-refractivity contribution in [3.8, 4) is 0 Å². The monoisotopic (exact) mass is 212 g/mol. The lowest BCUT2D eigenvalue weighted by molar-refractivity contribution is 0.765. The molecule has 0 aliphatic heterocycles. The summed E-state index contributed by atoms with van der Waals surface area (Å²) < 4.78 is 2.07. The van der Waals surface area contributed by atoms with Crippen LogP contribution < -0.4 is 0 Å². The molecule has 0 atom stereocenters. The van der Waals surface area contributed by atoms with Crippen molar-refractivity contribution in [1.29, 1.82) is 0 Å². The van der Waals surface area contributed by atoms with Crippen LogP contribution in [0.4, 0.5) is 0 Å². The summed E-state index contributed by atoms with van der Waals surface area (Å²) in [5.41, 5.74) is 0. The highest BCUT2D eigenvalue weighted by Gasteiger charge is 2.01. The predicted molar refractivity (Wildman–Crippen MR) is 55.2 cm³/mol. The molecule has 0 bridgehead atoms. The normalized spacial score (nSPS) is 10.5. The molecule has 0 aromatic carbocycles. The molecule has 0 N–H and O–H groups in total. The van der Waals surface area contributed by atoms with E-state index in [4.69, 9.17) is 11.6 Å². The molecule has 0 saturated heterocycles. The third-order valence-corrected chi connectivity index (χ3v) is 2.93. The number of nitrogens with zero attached hydrogens (tertiary/aromatic N) is 2. The lowest BCUT2D eigenvalue weighted by Gasteiger charge is -2.02. The van der Waals surface area contributed by atoms with Crippen LogP contribution in [0.15, 0.2) is 29.9 Å². The van der Waals surface area contributed by atoms with Gasteiger partial charge in [0.1, 0.15) is 5.82 Å². The Hall–Kier alpha value is -0.800. The molecule has 0 amide bonds. The molecule has 2 rings (SSSR count). The number of halogens is 1. The van der Waals surface area contributed by atoms with Gasteiger partial charge in [0.2, 0.25) is 0 Å². The Balaban J connectivity index is 2.18. The molecule has 2 aromatic heterocycles. The van der Waals surface area contributed by atoms with E-state index < -0.39 is 0 Å². The lowest BCUT2D eigenvalue weighted by atomic mass is 10.4. The van der Waals surface area contributed by atoms with Crippen LogP contribution in [0, 0.1) is 0 Å². The fraction of sp³-hybridized carbons (Fsp3) is 0.222. The van der Waals surface area contributed by atoms with Gasteiger partial charge in [-0.15, -0.1) is 22.9 Å². The van der Waals surface area contributed by atoms with E-state index in [0.717, 1.165) is 12.4 Å². The fourth-order valence-corrected chi connectivity index (χ4v) is 2.11. The molecule has 68 valence electrons. The van der Waals surface area contributed by atoms with Crippen molar-refractivity contribution in [2.45, 2.75) is 12.4 Å². The van der Waals surface area contributed by atoms with Crippen LogP contribution in [0.1, 0.15) is 10.7 Å². The summed E-state index contributed by atoms with van der Waals surface area (Å²) in [7, 11) is 0. The highest BCUT2D eigenvalue weighted by molar-refractivity contribution is 7.09. The van der Waals surface area contributed by atoms with E-state index in [9.17, 15) is 0 Å². The van der Waals surface area contributed by atoms with Gasteiger partial charge in [-0.3, -0.25) is 0 Å². The number of rotatable bonds is 3. The Morgan fingerprint density at radius 2 is 2.46 bits per heavy atom. The first-order chi connectivity index (χ1) is 6.40. The van der Waals surface area contributed by atoms with Crippen LogP contribution in [-0.4, -0.2) is 9.55 Å². The number of hydrogen-bond acceptors (Lipinski definition) is 2. The van der Waals surface area contributed by atoms with Gasteiger partial charge >= 0.3 is 0 Å². The van der Waals surface area contributed by atoms with Crippen LogP contribution in [-0.2, 0) is 12.4 Å². The summed E-state index contributed by atoms with van der Waals surface area (Å²) in [6, 6.07) is 4.17. The fourth-order valence-electron chi connectivity index (χ4n) is 1.19. The molecule has 0 fully saturated rings. The lowest BCUT2D eigenvalue weighted by Crippen LogP contribution is -2.00. The standard InChI is InChI=1S/C9H9ClN2S/c10-6-9-11-3-4-12(9)7-8-2-1-5-13-8/h1-5H,6-7H2. The average Bonchev–Trinajstić information content (AvgIpc) is 2.76. The number of hydrogen-bond donors (Lipinski definition) is 0. The van der Waals surface area contributed by atoms with E-state index in [1.807, 2.05) is 6.20 Å². The van der Waals surface area contributed by atoms with Gasteiger partial charge in [-0.25, -0.2) is 4.98 Å². The minimum atomic E-state index is 0.471. The van der Waals surface area contributed by atoms with Crippen LogP contribution in [0.25, 0.3) is 0 Å². The van der Waals surface area contributed by atoms with Crippen LogP contribution in [0.2, 0.25) is 0 Å². The maximum absolute atomic E-state index is 5.73. The average molecular weight is 213 g/mol. The van der Waals surface area contributed by atoms with E-state index in [-0.39, 0.29) is 0 Å². The molecule has 2 nitrogen and oxygen atoms in total. The van der Waals surface area contributed by atoms with Gasteiger partial charge < -0.3 is 4.57 Å². The van der Waals surface area contributed by atoms with E-state index >= 15 is 0 Å². The SMILES string of the molecule is ClCc1nccn1Cc1cccs1. The molecular formula is C9H9ClN2S. The minimum Gasteiger partial charge on any atom is -0.329 e. The predicted octanol–water partition coefficient (Wildman–Crippen LogP) is 2.73. The van der Waals surface area contributed by atoms with Gasteiger partial charge in [0.25, 0.3) is 0 Å². The summed E-state index contributed by atoms with van der Waals surface area (Å²) in [4.78, 5) is 5.47. The van der Waals surface area contributed by atoms with Crippen LogP contribution >= 0.6 is 22.9 Å². The Kier molecular flexibility index (Phi) is 2.66. The summed E-state index contributed by atoms with van der Waals surface area (Å²) in [5.74, 6) is 1.40. The molecule has 0 aliphatic rings. The molecule has 4 heteroatoms. The highest BCUT2D eigenvalue weighted by atomic mass is 35.5. The molecule has 0 aliphatic carbocycles. The summed E-state index contributed by atoms with van der Waals surface area (Å²) in [5, 5.41) is 2.08. The van der Waals surface area contributed by atoms with Crippen LogP contribution in [0.5, 0.6) is 0 Å². The van der Waals surface area contributed by atoms with Gasteiger partial charge in [-0.1, -0.05) is 6.07 Å². The third-order valence-electron chi connectivity index (χ3n) is 1.83. The number of alkyl halides is 1. The minimum absolute atomic E-state index is 0.471. The number of thiophene rings is 1. The van der Waals surface area contributed by atoms with Gasteiger partial charge in [0.05, 0.1) is 12.4 Å². The van der Waals surface area contributed by atoms with Crippen molar-refractivity contribution in [1.82, 2.24) is 9.55 Å². The van der Waals surface area contributed by atoms with Crippen molar-refractivity contribution in [2.24, 2.45) is 0 Å². The quantitative estimate of drug-likeness (QED) is 0.716. The van der Waals surface area contributed by atoms with Crippen molar-refractivity contribution in [3.63, 3.8) is 0 Å². The van der Waals surface area contributed by atoms with E-state index in [1.165, 1.54) is 4.88 Å². The van der Waals surface area contributed by atoms with Gasteiger partial charge in [-0.05, 0) is 11.4 Å². The van der Waals surface area contributed by atoms with Crippen molar-refractivity contribution >= 4 is 22.9 Å². The zero-order chi connectivity index (χ0) is 9.10. The summed E-state index contributed by atoms with van der Waals surface area (Å²) in [6.45, 7) is 0.875. The molecule has 0 saturated carbocycles. The Labute approximate surface area is 85.8 Å². The molecule has 0 radical (unpaired) electrons. The van der Waals surface area contributed by atoms with E-state index in [2.05, 4.69) is 27.1 Å². The van der Waals surface area contributed by atoms with E-state index in [1.54, 1.807) is 17.5 Å². The van der Waals surface area contributed by atoms with Gasteiger partial charge in [0, 0.05) is 17.3 Å². The van der Waals surface area contributed by atoms with E-state index in [0.29, 0.717) is 5.88 Å². The summed E-state index contributed by atoms with van der Waals surface area (Å²) in [6.07, 6.45) is 3.74. The molecule has 0 unspecified atom stereocenters. The maximum Gasteiger partial charge on any atom is 0.123 e. The first-order valence-electron chi connectivity index (χ1n) is 3.98. The molecular weight excluding hydrogens is 204 g/mol. The Morgan fingerprint density at radius 3 is 3.15 bits per heavy atom. The topological polar surface area (TPSA) is 17.8 Å². The first-order valence-corrected chi connectivity index (χ1v) is 5.40. The van der Waals surface area contributed by atoms with Crippen molar-refractivity contribution < 1.29 is 0 Å². The largest absolute Gasteiger partial charge is 0.329 e. The molecule has 0 spiro atoms. The second kappa shape index (κ2) is 3.94.